The van der Waals surface area contributed by atoms with E-state index in [2.05, 4.69) is 20.4 Å². The molecule has 0 saturated carbocycles. The summed E-state index contributed by atoms with van der Waals surface area (Å²) in [5.74, 6) is 0.974. The summed E-state index contributed by atoms with van der Waals surface area (Å²) in [6, 6.07) is 5.20. The molecule has 0 aliphatic heterocycles. The molecule has 20 heavy (non-hydrogen) atoms. The first kappa shape index (κ1) is 12.1. The van der Waals surface area contributed by atoms with Gasteiger partial charge < -0.3 is 5.32 Å². The summed E-state index contributed by atoms with van der Waals surface area (Å²) >= 11 is 0. The molecule has 7 nitrogen and oxygen atoms in total. The number of nitrogens with one attached hydrogen (secondary N) is 1. The van der Waals surface area contributed by atoms with Gasteiger partial charge in [0.05, 0.1) is 5.56 Å². The second-order valence-electron chi connectivity index (χ2n) is 4.20. The Labute approximate surface area is 114 Å². The maximum absolute atomic E-state index is 12.0. The Hall–Kier alpha value is -2.96. The van der Waals surface area contributed by atoms with Gasteiger partial charge in [0.25, 0.3) is 5.91 Å². The fourth-order valence-electron chi connectivity index (χ4n) is 1.74. The van der Waals surface area contributed by atoms with E-state index in [1.165, 1.54) is 6.20 Å². The lowest BCUT2D eigenvalue weighted by atomic mass is 10.2. The van der Waals surface area contributed by atoms with Crippen molar-refractivity contribution >= 4 is 11.7 Å². The first-order valence-corrected chi connectivity index (χ1v) is 5.98. The number of amides is 1. The van der Waals surface area contributed by atoms with Crippen molar-refractivity contribution in [2.75, 3.05) is 5.32 Å². The molecule has 0 aliphatic carbocycles. The Morgan fingerprint density at radius 2 is 2.15 bits per heavy atom. The van der Waals surface area contributed by atoms with E-state index in [4.69, 9.17) is 0 Å². The van der Waals surface area contributed by atoms with Crippen molar-refractivity contribution in [1.82, 2.24) is 24.3 Å². The van der Waals surface area contributed by atoms with Crippen LogP contribution in [0.4, 0.5) is 5.82 Å². The molecule has 0 fully saturated rings. The number of aryl methyl sites for hydroxylation is 1. The monoisotopic (exact) mass is 268 g/mol. The second-order valence-corrected chi connectivity index (χ2v) is 4.20. The molecule has 3 rings (SSSR count). The number of nitrogens with zero attached hydrogens (tertiary/aromatic N) is 5. The number of carbonyl (C=O) groups excluding carboxylic acids is 1. The number of anilines is 1. The molecule has 0 atom stereocenters. The van der Waals surface area contributed by atoms with Gasteiger partial charge in [-0.05, 0) is 12.1 Å². The summed E-state index contributed by atoms with van der Waals surface area (Å²) in [5.41, 5.74) is 0.472. The summed E-state index contributed by atoms with van der Waals surface area (Å²) in [4.78, 5) is 20.2. The highest BCUT2D eigenvalue weighted by molar-refractivity contribution is 6.03. The van der Waals surface area contributed by atoms with E-state index in [0.29, 0.717) is 17.2 Å². The minimum absolute atomic E-state index is 0.242. The zero-order valence-corrected chi connectivity index (χ0v) is 10.8. The predicted molar refractivity (Wildman–Crippen MR) is 72.5 cm³/mol. The van der Waals surface area contributed by atoms with Crippen LogP contribution in [-0.2, 0) is 7.05 Å². The zero-order valence-electron chi connectivity index (χ0n) is 10.8. The van der Waals surface area contributed by atoms with Crippen molar-refractivity contribution in [3.05, 3.63) is 54.9 Å². The van der Waals surface area contributed by atoms with Crippen LogP contribution in [0.3, 0.4) is 0 Å². The maximum atomic E-state index is 12.0. The quantitative estimate of drug-likeness (QED) is 0.775. The highest BCUT2D eigenvalue weighted by Gasteiger charge is 2.08. The number of rotatable bonds is 3. The normalized spacial score (nSPS) is 10.4. The molecular formula is C13H12N6O. The van der Waals surface area contributed by atoms with Gasteiger partial charge in [-0.2, -0.15) is 5.10 Å². The first-order valence-electron chi connectivity index (χ1n) is 5.98. The molecule has 0 bridgehead atoms. The summed E-state index contributed by atoms with van der Waals surface area (Å²) in [6.07, 6.45) is 8.39. The largest absolute Gasteiger partial charge is 0.305 e. The molecule has 1 amide bonds. The lowest BCUT2D eigenvalue weighted by Crippen LogP contribution is -2.13. The molecule has 100 valence electrons. The molecular weight excluding hydrogens is 256 g/mol. The van der Waals surface area contributed by atoms with Crippen LogP contribution in [0.2, 0.25) is 0 Å². The molecule has 0 aromatic carbocycles. The second kappa shape index (κ2) is 4.96. The minimum Gasteiger partial charge on any atom is -0.305 e. The van der Waals surface area contributed by atoms with E-state index in [1.54, 1.807) is 59.4 Å². The third-order valence-electron chi connectivity index (χ3n) is 2.73. The van der Waals surface area contributed by atoms with E-state index in [-0.39, 0.29) is 5.91 Å². The topological polar surface area (TPSA) is 77.6 Å². The summed E-state index contributed by atoms with van der Waals surface area (Å²) in [5, 5.41) is 6.79. The van der Waals surface area contributed by atoms with Gasteiger partial charge in [-0.3, -0.25) is 14.0 Å². The Bertz CT molecular complexity index is 714. The lowest BCUT2D eigenvalue weighted by molar-refractivity contribution is 0.102. The molecule has 3 heterocycles. The smallest absolute Gasteiger partial charge is 0.258 e. The van der Waals surface area contributed by atoms with E-state index in [1.807, 2.05) is 0 Å². The van der Waals surface area contributed by atoms with Crippen molar-refractivity contribution in [2.24, 2.45) is 7.05 Å². The van der Waals surface area contributed by atoms with Crippen molar-refractivity contribution in [3.8, 4) is 5.82 Å². The number of carbonyl (C=O) groups is 1. The SMILES string of the molecule is Cn1ccc(NC(=O)c2ccc(-n3ccnc3)nc2)n1. The Kier molecular flexibility index (Phi) is 3.00. The van der Waals surface area contributed by atoms with Gasteiger partial charge in [-0.15, -0.1) is 0 Å². The lowest BCUT2D eigenvalue weighted by Gasteiger charge is -2.04. The van der Waals surface area contributed by atoms with Gasteiger partial charge in [0, 0.05) is 37.9 Å². The first-order chi connectivity index (χ1) is 9.72. The highest BCUT2D eigenvalue weighted by Crippen LogP contribution is 2.08. The number of hydrogen-bond donors (Lipinski definition) is 1. The third-order valence-corrected chi connectivity index (χ3v) is 2.73. The van der Waals surface area contributed by atoms with Gasteiger partial charge in [-0.25, -0.2) is 9.97 Å². The van der Waals surface area contributed by atoms with Crippen molar-refractivity contribution in [3.63, 3.8) is 0 Å². The summed E-state index contributed by atoms with van der Waals surface area (Å²) < 4.78 is 3.39. The van der Waals surface area contributed by atoms with E-state index in [9.17, 15) is 4.79 Å². The summed E-state index contributed by atoms with van der Waals surface area (Å²) in [6.45, 7) is 0. The number of hydrogen-bond acceptors (Lipinski definition) is 4. The maximum Gasteiger partial charge on any atom is 0.258 e. The van der Waals surface area contributed by atoms with Crippen molar-refractivity contribution in [1.29, 1.82) is 0 Å². The van der Waals surface area contributed by atoms with E-state index >= 15 is 0 Å². The fraction of sp³-hybridized carbons (Fsp3) is 0.0769. The van der Waals surface area contributed by atoms with Crippen LogP contribution in [-0.4, -0.2) is 30.2 Å². The molecule has 0 radical (unpaired) electrons. The number of imidazole rings is 1. The summed E-state index contributed by atoms with van der Waals surface area (Å²) in [7, 11) is 1.79. The van der Waals surface area contributed by atoms with Crippen LogP contribution < -0.4 is 5.32 Å². The van der Waals surface area contributed by atoms with E-state index in [0.717, 1.165) is 0 Å². The van der Waals surface area contributed by atoms with Crippen LogP contribution >= 0.6 is 0 Å². The van der Waals surface area contributed by atoms with Gasteiger partial charge >= 0.3 is 0 Å². The van der Waals surface area contributed by atoms with Crippen molar-refractivity contribution in [2.45, 2.75) is 0 Å². The van der Waals surface area contributed by atoms with Crippen LogP contribution in [0.1, 0.15) is 10.4 Å². The third kappa shape index (κ3) is 2.41. The molecule has 1 N–H and O–H groups in total. The van der Waals surface area contributed by atoms with Crippen LogP contribution in [0.5, 0.6) is 0 Å². The van der Waals surface area contributed by atoms with Gasteiger partial charge in [0.15, 0.2) is 5.82 Å². The predicted octanol–water partition coefficient (Wildman–Crippen LogP) is 1.25. The molecule has 0 aliphatic rings. The number of aromatic nitrogens is 5. The average molecular weight is 268 g/mol. The van der Waals surface area contributed by atoms with E-state index < -0.39 is 0 Å². The molecule has 0 saturated heterocycles. The molecule has 7 heteroatoms. The minimum atomic E-state index is -0.242. The molecule has 0 spiro atoms. The Morgan fingerprint density at radius 1 is 1.25 bits per heavy atom. The van der Waals surface area contributed by atoms with Gasteiger partial charge in [0.1, 0.15) is 12.1 Å². The average Bonchev–Trinajstić information content (AvgIpc) is 3.11. The number of pyridine rings is 1. The zero-order chi connectivity index (χ0) is 13.9. The molecule has 0 unspecified atom stereocenters. The van der Waals surface area contributed by atoms with Crippen molar-refractivity contribution < 1.29 is 4.79 Å². The van der Waals surface area contributed by atoms with Gasteiger partial charge in [0.2, 0.25) is 0 Å². The highest BCUT2D eigenvalue weighted by atomic mass is 16.1. The Morgan fingerprint density at radius 3 is 2.75 bits per heavy atom. The fourth-order valence-corrected chi connectivity index (χ4v) is 1.74. The van der Waals surface area contributed by atoms with Crippen LogP contribution in [0, 0.1) is 0 Å². The van der Waals surface area contributed by atoms with Crippen LogP contribution in [0.15, 0.2) is 49.3 Å². The molecule has 3 aromatic rings. The molecule has 3 aromatic heterocycles. The standard InChI is InChI=1S/C13H12N6O/c1-18-6-4-11(17-18)16-13(20)10-2-3-12(15-8-10)19-7-5-14-9-19/h2-9H,1H3,(H,16,17,20). The van der Waals surface area contributed by atoms with Crippen LogP contribution in [0.25, 0.3) is 5.82 Å². The Balaban J connectivity index is 1.75. The van der Waals surface area contributed by atoms with Gasteiger partial charge in [-0.1, -0.05) is 0 Å².